The van der Waals surface area contributed by atoms with E-state index in [2.05, 4.69) is 33.0 Å². The first kappa shape index (κ1) is 13.2. The molecule has 1 heterocycles. The van der Waals surface area contributed by atoms with Crippen LogP contribution in [0, 0.1) is 0 Å². The maximum absolute atomic E-state index is 5.91. The Balaban J connectivity index is 2.27. The highest BCUT2D eigenvalue weighted by molar-refractivity contribution is 9.10. The van der Waals surface area contributed by atoms with Gasteiger partial charge in [0.15, 0.2) is 0 Å². The summed E-state index contributed by atoms with van der Waals surface area (Å²) < 4.78 is 6.34. The normalized spacial score (nSPS) is 14.4. The van der Waals surface area contributed by atoms with Gasteiger partial charge in [-0.3, -0.25) is 0 Å². The highest BCUT2D eigenvalue weighted by Crippen LogP contribution is 2.24. The van der Waals surface area contributed by atoms with Crippen LogP contribution in [-0.4, -0.2) is 16.2 Å². The van der Waals surface area contributed by atoms with Gasteiger partial charge in [-0.25, -0.2) is 0 Å². The quantitative estimate of drug-likeness (QED) is 0.940. The second-order valence-electron chi connectivity index (χ2n) is 4.34. The predicted molar refractivity (Wildman–Crippen MR) is 74.1 cm³/mol. The van der Waals surface area contributed by atoms with Crippen LogP contribution >= 0.6 is 15.9 Å². The predicted octanol–water partition coefficient (Wildman–Crippen LogP) is 3.34. The Morgan fingerprint density at radius 2 is 2.00 bits per heavy atom. The van der Waals surface area contributed by atoms with Gasteiger partial charge in [0.05, 0.1) is 5.92 Å². The van der Waals surface area contributed by atoms with E-state index in [1.807, 2.05) is 31.2 Å². The summed E-state index contributed by atoms with van der Waals surface area (Å²) in [6.07, 6.45) is 0.889. The van der Waals surface area contributed by atoms with E-state index in [-0.39, 0.29) is 12.0 Å². The van der Waals surface area contributed by atoms with Crippen molar-refractivity contribution in [1.82, 2.24) is 10.1 Å². The Kier molecular flexibility index (Phi) is 4.14. The fourth-order valence-corrected chi connectivity index (χ4v) is 2.14. The molecule has 0 aliphatic rings. The van der Waals surface area contributed by atoms with Crippen molar-refractivity contribution >= 4 is 15.9 Å². The fourth-order valence-electron chi connectivity index (χ4n) is 1.87. The zero-order valence-electron chi connectivity index (χ0n) is 10.4. The van der Waals surface area contributed by atoms with Gasteiger partial charge in [-0.05, 0) is 37.6 Å². The van der Waals surface area contributed by atoms with Gasteiger partial charge >= 0.3 is 0 Å². The Bertz CT molecular complexity index is 507. The number of nitrogens with two attached hydrogens (primary N) is 1. The van der Waals surface area contributed by atoms with Crippen molar-refractivity contribution in [3.63, 3.8) is 0 Å². The molecular weight excluding hydrogens is 294 g/mol. The summed E-state index contributed by atoms with van der Waals surface area (Å²) in [5.41, 5.74) is 6.85. The molecule has 4 nitrogen and oxygen atoms in total. The van der Waals surface area contributed by atoms with Gasteiger partial charge in [-0.2, -0.15) is 4.98 Å². The molecule has 0 saturated carbocycles. The standard InChI is InChI=1S/C13H16BrN3O/c1-3-11(8(2)15)13-16-12(17-18-13)9-4-6-10(14)7-5-9/h4-8,11H,3,15H2,1-2H3. The van der Waals surface area contributed by atoms with Gasteiger partial charge in [0.1, 0.15) is 0 Å². The van der Waals surface area contributed by atoms with E-state index in [9.17, 15) is 0 Å². The zero-order chi connectivity index (χ0) is 13.1. The summed E-state index contributed by atoms with van der Waals surface area (Å²) >= 11 is 3.40. The maximum atomic E-state index is 5.91. The molecule has 1 aromatic carbocycles. The number of benzene rings is 1. The molecule has 0 saturated heterocycles. The van der Waals surface area contributed by atoms with E-state index in [0.717, 1.165) is 16.5 Å². The molecular formula is C13H16BrN3O. The molecule has 0 bridgehead atoms. The molecule has 5 heteroatoms. The summed E-state index contributed by atoms with van der Waals surface area (Å²) in [5.74, 6) is 1.34. The number of hydrogen-bond donors (Lipinski definition) is 1. The summed E-state index contributed by atoms with van der Waals surface area (Å²) in [5, 5.41) is 4.01. The fraction of sp³-hybridized carbons (Fsp3) is 0.385. The molecule has 0 radical (unpaired) electrons. The van der Waals surface area contributed by atoms with Gasteiger partial charge in [0.2, 0.25) is 11.7 Å². The largest absolute Gasteiger partial charge is 0.339 e. The van der Waals surface area contributed by atoms with Crippen molar-refractivity contribution in [2.24, 2.45) is 5.73 Å². The molecule has 0 spiro atoms. The van der Waals surface area contributed by atoms with Gasteiger partial charge in [-0.15, -0.1) is 0 Å². The van der Waals surface area contributed by atoms with Gasteiger partial charge < -0.3 is 10.3 Å². The Hall–Kier alpha value is -1.20. The minimum Gasteiger partial charge on any atom is -0.339 e. The zero-order valence-corrected chi connectivity index (χ0v) is 12.0. The first-order chi connectivity index (χ1) is 8.61. The highest BCUT2D eigenvalue weighted by atomic mass is 79.9. The average molecular weight is 310 g/mol. The number of aromatic nitrogens is 2. The molecule has 0 amide bonds. The summed E-state index contributed by atoms with van der Waals surface area (Å²) in [7, 11) is 0. The van der Waals surface area contributed by atoms with E-state index >= 15 is 0 Å². The number of halogens is 1. The van der Waals surface area contributed by atoms with Crippen molar-refractivity contribution in [1.29, 1.82) is 0 Å². The van der Waals surface area contributed by atoms with E-state index in [0.29, 0.717) is 11.7 Å². The molecule has 0 aliphatic carbocycles. The third kappa shape index (κ3) is 2.79. The number of hydrogen-bond acceptors (Lipinski definition) is 4. The van der Waals surface area contributed by atoms with Crippen molar-refractivity contribution in [3.8, 4) is 11.4 Å². The van der Waals surface area contributed by atoms with Gasteiger partial charge in [0, 0.05) is 16.1 Å². The minimum absolute atomic E-state index is 0.00761. The van der Waals surface area contributed by atoms with Crippen molar-refractivity contribution in [2.75, 3.05) is 0 Å². The SMILES string of the molecule is CCC(c1nc(-c2ccc(Br)cc2)no1)C(C)N. The molecule has 2 atom stereocenters. The Labute approximate surface area is 115 Å². The molecule has 96 valence electrons. The lowest BCUT2D eigenvalue weighted by molar-refractivity contribution is 0.334. The molecule has 0 fully saturated rings. The molecule has 18 heavy (non-hydrogen) atoms. The lowest BCUT2D eigenvalue weighted by atomic mass is 9.99. The summed E-state index contributed by atoms with van der Waals surface area (Å²) in [4.78, 5) is 4.43. The lowest BCUT2D eigenvalue weighted by Gasteiger charge is -2.13. The maximum Gasteiger partial charge on any atom is 0.231 e. The Morgan fingerprint density at radius 3 is 2.56 bits per heavy atom. The first-order valence-corrected chi connectivity index (χ1v) is 6.76. The second-order valence-corrected chi connectivity index (χ2v) is 5.25. The second kappa shape index (κ2) is 5.63. The van der Waals surface area contributed by atoms with Crippen LogP contribution in [0.25, 0.3) is 11.4 Å². The van der Waals surface area contributed by atoms with Crippen LogP contribution in [0.5, 0.6) is 0 Å². The van der Waals surface area contributed by atoms with Crippen LogP contribution in [-0.2, 0) is 0 Å². The summed E-state index contributed by atoms with van der Waals surface area (Å²) in [6.45, 7) is 4.02. The smallest absolute Gasteiger partial charge is 0.231 e. The Morgan fingerprint density at radius 1 is 1.33 bits per heavy atom. The first-order valence-electron chi connectivity index (χ1n) is 5.97. The molecule has 2 rings (SSSR count). The van der Waals surface area contributed by atoms with Crippen LogP contribution in [0.2, 0.25) is 0 Å². The van der Waals surface area contributed by atoms with E-state index in [4.69, 9.17) is 10.3 Å². The highest BCUT2D eigenvalue weighted by Gasteiger charge is 2.21. The van der Waals surface area contributed by atoms with Crippen LogP contribution < -0.4 is 5.73 Å². The average Bonchev–Trinajstić information content (AvgIpc) is 2.80. The van der Waals surface area contributed by atoms with Crippen molar-refractivity contribution in [3.05, 3.63) is 34.6 Å². The molecule has 2 N–H and O–H groups in total. The third-order valence-corrected chi connectivity index (χ3v) is 3.46. The topological polar surface area (TPSA) is 64.9 Å². The van der Waals surface area contributed by atoms with Crippen LogP contribution in [0.4, 0.5) is 0 Å². The van der Waals surface area contributed by atoms with Crippen LogP contribution in [0.15, 0.2) is 33.3 Å². The monoisotopic (exact) mass is 309 g/mol. The van der Waals surface area contributed by atoms with Gasteiger partial charge in [0.25, 0.3) is 0 Å². The van der Waals surface area contributed by atoms with Crippen LogP contribution in [0.1, 0.15) is 32.1 Å². The van der Waals surface area contributed by atoms with Crippen molar-refractivity contribution < 1.29 is 4.52 Å². The third-order valence-electron chi connectivity index (χ3n) is 2.94. The van der Waals surface area contributed by atoms with Crippen LogP contribution in [0.3, 0.4) is 0 Å². The van der Waals surface area contributed by atoms with E-state index in [1.165, 1.54) is 0 Å². The molecule has 2 aromatic rings. The lowest BCUT2D eigenvalue weighted by Crippen LogP contribution is -2.24. The molecule has 1 aromatic heterocycles. The number of nitrogens with zero attached hydrogens (tertiary/aromatic N) is 2. The molecule has 0 aliphatic heterocycles. The minimum atomic E-state index is 0.00761. The van der Waals surface area contributed by atoms with Crippen molar-refractivity contribution in [2.45, 2.75) is 32.2 Å². The number of rotatable bonds is 4. The van der Waals surface area contributed by atoms with Gasteiger partial charge in [-0.1, -0.05) is 28.0 Å². The molecule has 2 unspecified atom stereocenters. The van der Waals surface area contributed by atoms with E-state index < -0.39 is 0 Å². The summed E-state index contributed by atoms with van der Waals surface area (Å²) in [6, 6.07) is 7.81. The van der Waals surface area contributed by atoms with E-state index in [1.54, 1.807) is 0 Å².